The number of aliphatic imine (C=N–C) groups is 1. The summed E-state index contributed by atoms with van der Waals surface area (Å²) in [5, 5.41) is 6.92. The second-order valence-corrected chi connectivity index (χ2v) is 8.45. The van der Waals surface area contributed by atoms with E-state index in [0.717, 1.165) is 83.7 Å². The minimum Gasteiger partial charge on any atom is -0.385 e. The highest BCUT2D eigenvalue weighted by Crippen LogP contribution is 2.44. The lowest BCUT2D eigenvalue weighted by molar-refractivity contribution is 0.0778. The number of methoxy groups -OCH3 is 1. The minimum absolute atomic E-state index is 0.362. The molecule has 8 heteroatoms. The summed E-state index contributed by atoms with van der Waals surface area (Å²) in [6.45, 7) is 10.9. The number of rotatable bonds is 11. The molecule has 0 radical (unpaired) electrons. The Balaban J connectivity index is 1.35. The monoisotopic (exact) mass is 417 g/mol. The quantitative estimate of drug-likeness (QED) is 0.323. The standard InChI is InChI=1S/C22H39N7O/c1-3-23-20(27-19-22(7-4-8-22)9-18-30-2)24-12-6-13-28-14-16-29(17-15-28)21-25-10-5-11-26-21/h5,10-11H,3-4,6-9,12-19H2,1-2H3,(H2,23,24,27). The zero-order valence-corrected chi connectivity index (χ0v) is 18.8. The van der Waals surface area contributed by atoms with E-state index in [1.54, 1.807) is 7.11 Å². The van der Waals surface area contributed by atoms with Crippen molar-refractivity contribution in [1.82, 2.24) is 25.5 Å². The minimum atomic E-state index is 0.362. The third kappa shape index (κ3) is 6.80. The van der Waals surface area contributed by atoms with Gasteiger partial charge in [0.05, 0.1) is 0 Å². The fourth-order valence-corrected chi connectivity index (χ4v) is 4.21. The lowest BCUT2D eigenvalue weighted by atomic mass is 9.67. The third-order valence-corrected chi connectivity index (χ3v) is 6.32. The molecular weight excluding hydrogens is 378 g/mol. The van der Waals surface area contributed by atoms with Gasteiger partial charge in [-0.05, 0) is 50.6 Å². The molecule has 0 aromatic carbocycles. The van der Waals surface area contributed by atoms with E-state index in [-0.39, 0.29) is 0 Å². The van der Waals surface area contributed by atoms with Crippen LogP contribution in [0.1, 0.15) is 39.0 Å². The Morgan fingerprint density at radius 3 is 2.57 bits per heavy atom. The first-order valence-electron chi connectivity index (χ1n) is 11.5. The summed E-state index contributed by atoms with van der Waals surface area (Å²) < 4.78 is 5.30. The van der Waals surface area contributed by atoms with Gasteiger partial charge < -0.3 is 20.3 Å². The fraction of sp³-hybridized carbons (Fsp3) is 0.773. The first-order valence-corrected chi connectivity index (χ1v) is 11.5. The van der Waals surface area contributed by atoms with Gasteiger partial charge in [0.25, 0.3) is 0 Å². The van der Waals surface area contributed by atoms with Crippen LogP contribution in [0.5, 0.6) is 0 Å². The van der Waals surface area contributed by atoms with Gasteiger partial charge in [0.15, 0.2) is 5.96 Å². The summed E-state index contributed by atoms with van der Waals surface area (Å²) in [6.07, 6.45) is 9.74. The predicted molar refractivity (Wildman–Crippen MR) is 122 cm³/mol. The maximum atomic E-state index is 5.30. The zero-order valence-electron chi connectivity index (χ0n) is 18.8. The molecule has 0 spiro atoms. The van der Waals surface area contributed by atoms with E-state index in [1.807, 2.05) is 18.5 Å². The van der Waals surface area contributed by atoms with E-state index in [4.69, 9.17) is 9.73 Å². The van der Waals surface area contributed by atoms with Gasteiger partial charge in [-0.2, -0.15) is 0 Å². The molecule has 1 aliphatic carbocycles. The van der Waals surface area contributed by atoms with Crippen molar-refractivity contribution in [2.24, 2.45) is 10.4 Å². The molecule has 1 saturated carbocycles. The molecule has 0 bridgehead atoms. The van der Waals surface area contributed by atoms with Crippen LogP contribution < -0.4 is 15.5 Å². The summed E-state index contributed by atoms with van der Waals surface area (Å²) in [5.74, 6) is 1.80. The van der Waals surface area contributed by atoms with Crippen LogP contribution in [0.3, 0.4) is 0 Å². The molecule has 1 aromatic rings. The van der Waals surface area contributed by atoms with Gasteiger partial charge in [0.1, 0.15) is 0 Å². The van der Waals surface area contributed by atoms with Gasteiger partial charge in [-0.3, -0.25) is 9.89 Å². The molecule has 2 heterocycles. The number of hydrogen-bond donors (Lipinski definition) is 2. The van der Waals surface area contributed by atoms with Crippen LogP contribution in [-0.4, -0.2) is 86.9 Å². The Morgan fingerprint density at radius 2 is 1.93 bits per heavy atom. The van der Waals surface area contributed by atoms with Crippen LogP contribution in [0.25, 0.3) is 0 Å². The smallest absolute Gasteiger partial charge is 0.225 e. The number of aromatic nitrogens is 2. The van der Waals surface area contributed by atoms with E-state index in [9.17, 15) is 0 Å². The number of hydrogen-bond acceptors (Lipinski definition) is 6. The molecule has 2 aliphatic rings. The van der Waals surface area contributed by atoms with Crippen molar-refractivity contribution in [2.75, 3.05) is 71.0 Å². The highest BCUT2D eigenvalue weighted by Gasteiger charge is 2.36. The Labute approximate surface area is 181 Å². The molecule has 1 aromatic heterocycles. The molecule has 0 amide bonds. The number of nitrogens with zero attached hydrogens (tertiary/aromatic N) is 5. The summed E-state index contributed by atoms with van der Waals surface area (Å²) >= 11 is 0. The van der Waals surface area contributed by atoms with Crippen LogP contribution in [-0.2, 0) is 4.74 Å². The second-order valence-electron chi connectivity index (χ2n) is 8.45. The molecule has 2 fully saturated rings. The molecule has 8 nitrogen and oxygen atoms in total. The first-order chi connectivity index (χ1) is 14.7. The van der Waals surface area contributed by atoms with Crippen molar-refractivity contribution in [3.8, 4) is 0 Å². The van der Waals surface area contributed by atoms with E-state index >= 15 is 0 Å². The largest absolute Gasteiger partial charge is 0.385 e. The first kappa shape index (κ1) is 22.7. The Hall–Kier alpha value is -1.93. The topological polar surface area (TPSA) is 77.9 Å². The van der Waals surface area contributed by atoms with Crippen LogP contribution >= 0.6 is 0 Å². The van der Waals surface area contributed by atoms with Crippen molar-refractivity contribution in [1.29, 1.82) is 0 Å². The molecule has 2 N–H and O–H groups in total. The van der Waals surface area contributed by atoms with Crippen molar-refractivity contribution in [2.45, 2.75) is 39.0 Å². The highest BCUT2D eigenvalue weighted by molar-refractivity contribution is 5.79. The van der Waals surface area contributed by atoms with Gasteiger partial charge in [-0.15, -0.1) is 0 Å². The average Bonchev–Trinajstić information content (AvgIpc) is 2.76. The molecular formula is C22H39N7O. The van der Waals surface area contributed by atoms with Gasteiger partial charge in [0, 0.05) is 71.9 Å². The molecule has 0 unspecified atom stereocenters. The normalized spacial score (nSPS) is 19.4. The summed E-state index contributed by atoms with van der Waals surface area (Å²) in [7, 11) is 1.79. The van der Waals surface area contributed by atoms with E-state index in [0.29, 0.717) is 5.41 Å². The highest BCUT2D eigenvalue weighted by atomic mass is 16.5. The number of nitrogens with one attached hydrogen (secondary N) is 2. The predicted octanol–water partition coefficient (Wildman–Crippen LogP) is 1.75. The lowest BCUT2D eigenvalue weighted by Gasteiger charge is -2.40. The maximum absolute atomic E-state index is 5.30. The van der Waals surface area contributed by atoms with Crippen LogP contribution in [0.15, 0.2) is 23.5 Å². The number of anilines is 1. The molecule has 1 aliphatic heterocycles. The second kappa shape index (κ2) is 12.1. The van der Waals surface area contributed by atoms with Gasteiger partial charge >= 0.3 is 0 Å². The Kier molecular flexibility index (Phi) is 9.14. The van der Waals surface area contributed by atoms with E-state index < -0.39 is 0 Å². The van der Waals surface area contributed by atoms with Crippen LogP contribution in [0.4, 0.5) is 5.95 Å². The van der Waals surface area contributed by atoms with Crippen molar-refractivity contribution in [3.05, 3.63) is 18.5 Å². The molecule has 3 rings (SSSR count). The maximum Gasteiger partial charge on any atom is 0.225 e. The van der Waals surface area contributed by atoms with Crippen molar-refractivity contribution >= 4 is 11.9 Å². The molecule has 30 heavy (non-hydrogen) atoms. The zero-order chi connectivity index (χ0) is 21.1. The van der Waals surface area contributed by atoms with E-state index in [2.05, 4.69) is 37.3 Å². The number of ether oxygens (including phenoxy) is 1. The average molecular weight is 418 g/mol. The van der Waals surface area contributed by atoms with E-state index in [1.165, 1.54) is 19.3 Å². The molecule has 1 saturated heterocycles. The van der Waals surface area contributed by atoms with Gasteiger partial charge in [0.2, 0.25) is 5.95 Å². The molecule has 0 atom stereocenters. The number of guanidine groups is 1. The molecule has 168 valence electrons. The summed E-state index contributed by atoms with van der Waals surface area (Å²) in [6, 6.07) is 1.86. The third-order valence-electron chi connectivity index (χ3n) is 6.32. The summed E-state index contributed by atoms with van der Waals surface area (Å²) in [5.41, 5.74) is 0.362. The summed E-state index contributed by atoms with van der Waals surface area (Å²) in [4.78, 5) is 18.4. The Bertz CT molecular complexity index is 628. The van der Waals surface area contributed by atoms with Gasteiger partial charge in [-0.1, -0.05) is 6.42 Å². The van der Waals surface area contributed by atoms with Crippen LogP contribution in [0, 0.1) is 5.41 Å². The van der Waals surface area contributed by atoms with Crippen molar-refractivity contribution in [3.63, 3.8) is 0 Å². The van der Waals surface area contributed by atoms with Crippen LogP contribution in [0.2, 0.25) is 0 Å². The van der Waals surface area contributed by atoms with Crippen molar-refractivity contribution < 1.29 is 4.74 Å². The van der Waals surface area contributed by atoms with Gasteiger partial charge in [-0.25, -0.2) is 9.97 Å². The lowest BCUT2D eigenvalue weighted by Crippen LogP contribution is -2.47. The fourth-order valence-electron chi connectivity index (χ4n) is 4.21. The number of piperazine rings is 1. The Morgan fingerprint density at radius 1 is 1.17 bits per heavy atom. The SMILES string of the molecule is CCNC(=NCC1(CCOC)CCC1)NCCCN1CCN(c2ncccn2)CC1.